The van der Waals surface area contributed by atoms with Crippen LogP contribution in [-0.2, 0) is 18.9 Å². The summed E-state index contributed by atoms with van der Waals surface area (Å²) < 4.78 is 23.7. The maximum Gasteiger partial charge on any atom is 0.509 e. The Labute approximate surface area is 341 Å². The summed E-state index contributed by atoms with van der Waals surface area (Å²) in [6.45, 7) is 18.9. The molecule has 1 heterocycles. The zero-order chi connectivity index (χ0) is 39.3. The zero-order valence-electron chi connectivity index (χ0n) is 37.1. The van der Waals surface area contributed by atoms with E-state index < -0.39 is 35.7 Å². The highest BCUT2D eigenvalue weighted by molar-refractivity contribution is 5.62. The van der Waals surface area contributed by atoms with Gasteiger partial charge in [-0.15, -0.1) is 0 Å². The van der Waals surface area contributed by atoms with Crippen LogP contribution in [0.1, 0.15) is 235 Å². The normalized spacial score (nSPS) is 16.9. The van der Waals surface area contributed by atoms with Crippen LogP contribution in [0.2, 0.25) is 0 Å². The molecular formula is C46H90ClNO6. The van der Waals surface area contributed by atoms with E-state index in [1.54, 1.807) is 0 Å². The molecule has 1 aliphatic rings. The van der Waals surface area contributed by atoms with E-state index in [1.807, 2.05) is 41.5 Å². The van der Waals surface area contributed by atoms with Crippen molar-refractivity contribution in [3.8, 4) is 0 Å². The maximum atomic E-state index is 12.9. The first-order valence-corrected chi connectivity index (χ1v) is 22.9. The standard InChI is InChI=1S/C46H90NO6.ClH/c1-9-11-13-15-17-19-21-23-25-27-29-31-33-35-37-47(38-36-34-32-30-28-26-24-22-20-18-16-14-12-10-2)39-41(50-43(48)52-45(3,4)5)42(40-47)51-44(49)53-46(6,7)8;/h41-42H,9-40H2,1-8H3;1H/q+1;/p-1. The molecule has 1 saturated heterocycles. The first-order chi connectivity index (χ1) is 25.3. The molecule has 0 aromatic heterocycles. The second-order valence-corrected chi connectivity index (χ2v) is 18.6. The summed E-state index contributed by atoms with van der Waals surface area (Å²) in [4.78, 5) is 25.7. The highest BCUT2D eigenvalue weighted by Crippen LogP contribution is 2.29. The molecule has 54 heavy (non-hydrogen) atoms. The Morgan fingerprint density at radius 3 is 0.870 bits per heavy atom. The van der Waals surface area contributed by atoms with Crippen molar-refractivity contribution in [3.05, 3.63) is 0 Å². The van der Waals surface area contributed by atoms with Gasteiger partial charge in [-0.25, -0.2) is 9.59 Å². The zero-order valence-corrected chi connectivity index (χ0v) is 37.8. The van der Waals surface area contributed by atoms with Crippen molar-refractivity contribution in [2.75, 3.05) is 26.2 Å². The molecule has 0 saturated carbocycles. The summed E-state index contributed by atoms with van der Waals surface area (Å²) in [6, 6.07) is 0. The Morgan fingerprint density at radius 2 is 0.648 bits per heavy atom. The van der Waals surface area contributed by atoms with Gasteiger partial charge in [0.25, 0.3) is 0 Å². The topological polar surface area (TPSA) is 71.1 Å². The second kappa shape index (κ2) is 31.8. The van der Waals surface area contributed by atoms with Crippen molar-refractivity contribution >= 4 is 12.3 Å². The van der Waals surface area contributed by atoms with Gasteiger partial charge in [0.15, 0.2) is 12.2 Å². The molecule has 0 bridgehead atoms. The molecule has 0 aliphatic carbocycles. The lowest BCUT2D eigenvalue weighted by Gasteiger charge is -2.34. The SMILES string of the molecule is CCCCCCCCCCCCCCCC[N+]1(CCCCCCCCCCCCCCCC)CC(OC(=O)OC(C)(C)C)C(OC(=O)OC(C)(C)C)C1.[Cl-]. The Morgan fingerprint density at radius 1 is 0.426 bits per heavy atom. The lowest BCUT2D eigenvalue weighted by Crippen LogP contribution is -3.00. The Hall–Kier alpha value is -1.21. The number of carbonyl (C=O) groups is 2. The van der Waals surface area contributed by atoms with Crippen molar-refractivity contribution in [2.45, 2.75) is 259 Å². The van der Waals surface area contributed by atoms with Crippen LogP contribution < -0.4 is 12.4 Å². The van der Waals surface area contributed by atoms with Crippen molar-refractivity contribution in [1.29, 1.82) is 0 Å². The van der Waals surface area contributed by atoms with Gasteiger partial charge in [0, 0.05) is 0 Å². The minimum Gasteiger partial charge on any atom is -1.00 e. The van der Waals surface area contributed by atoms with E-state index in [0.717, 1.165) is 30.4 Å². The highest BCUT2D eigenvalue weighted by atomic mass is 35.5. The lowest BCUT2D eigenvalue weighted by molar-refractivity contribution is -0.919. The number of rotatable bonds is 32. The van der Waals surface area contributed by atoms with Gasteiger partial charge in [-0.1, -0.05) is 168 Å². The van der Waals surface area contributed by atoms with Gasteiger partial charge in [0.1, 0.15) is 24.3 Å². The summed E-state index contributed by atoms with van der Waals surface area (Å²) in [7, 11) is 0. The smallest absolute Gasteiger partial charge is 0.509 e. The van der Waals surface area contributed by atoms with Gasteiger partial charge in [-0.2, -0.15) is 0 Å². The molecule has 0 spiro atoms. The molecule has 322 valence electrons. The molecule has 1 fully saturated rings. The summed E-state index contributed by atoms with van der Waals surface area (Å²) in [6.07, 6.45) is 35.0. The van der Waals surface area contributed by atoms with Crippen LogP contribution in [0.15, 0.2) is 0 Å². The van der Waals surface area contributed by atoms with Gasteiger partial charge >= 0.3 is 12.3 Å². The molecular weight excluding hydrogens is 698 g/mol. The minimum atomic E-state index is -0.701. The summed E-state index contributed by atoms with van der Waals surface area (Å²) in [5.74, 6) is 0. The Kier molecular flexibility index (Phi) is 31.1. The van der Waals surface area contributed by atoms with Crippen LogP contribution in [-0.4, -0.2) is 66.4 Å². The number of ether oxygens (including phenoxy) is 4. The van der Waals surface area contributed by atoms with Crippen LogP contribution in [0.4, 0.5) is 9.59 Å². The first-order valence-electron chi connectivity index (χ1n) is 22.9. The monoisotopic (exact) mass is 788 g/mol. The van der Waals surface area contributed by atoms with Crippen LogP contribution in [0.3, 0.4) is 0 Å². The molecule has 8 heteroatoms. The van der Waals surface area contributed by atoms with Gasteiger partial charge in [-0.05, 0) is 67.2 Å². The average molecular weight is 789 g/mol. The number of carbonyl (C=O) groups excluding carboxylic acids is 2. The predicted molar refractivity (Wildman–Crippen MR) is 223 cm³/mol. The van der Waals surface area contributed by atoms with Gasteiger partial charge in [0.2, 0.25) is 0 Å². The summed E-state index contributed by atoms with van der Waals surface area (Å²) >= 11 is 0. The molecule has 0 amide bonds. The van der Waals surface area contributed by atoms with Gasteiger partial charge in [-0.3, -0.25) is 0 Å². The van der Waals surface area contributed by atoms with Crippen LogP contribution in [0, 0.1) is 0 Å². The fraction of sp³-hybridized carbons (Fsp3) is 0.957. The van der Waals surface area contributed by atoms with E-state index in [0.29, 0.717) is 13.1 Å². The number of halogens is 1. The first kappa shape index (κ1) is 52.8. The Balaban J connectivity index is 0.0000281. The summed E-state index contributed by atoms with van der Waals surface area (Å²) in [5, 5.41) is 0. The molecule has 1 aliphatic heterocycles. The quantitative estimate of drug-likeness (QED) is 0.0384. The van der Waals surface area contributed by atoms with E-state index in [4.69, 9.17) is 18.9 Å². The summed E-state index contributed by atoms with van der Waals surface area (Å²) in [5.41, 5.74) is -1.32. The van der Waals surface area contributed by atoms with Gasteiger partial charge in [0.05, 0.1) is 13.1 Å². The third-order valence-corrected chi connectivity index (χ3v) is 10.8. The predicted octanol–water partition coefficient (Wildman–Crippen LogP) is 11.4. The van der Waals surface area contributed by atoms with E-state index in [-0.39, 0.29) is 12.4 Å². The largest absolute Gasteiger partial charge is 1.00 e. The molecule has 0 N–H and O–H groups in total. The third kappa shape index (κ3) is 30.0. The fourth-order valence-electron chi connectivity index (χ4n) is 7.86. The lowest BCUT2D eigenvalue weighted by atomic mass is 10.0. The number of unbranched alkanes of at least 4 members (excludes halogenated alkanes) is 26. The molecule has 2 unspecified atom stereocenters. The molecule has 0 radical (unpaired) electrons. The highest BCUT2D eigenvalue weighted by Gasteiger charge is 2.50. The maximum absolute atomic E-state index is 12.9. The van der Waals surface area contributed by atoms with Crippen LogP contribution in [0.5, 0.6) is 0 Å². The number of hydrogen-bond donors (Lipinski definition) is 0. The number of nitrogens with zero attached hydrogens (tertiary/aromatic N) is 1. The molecule has 7 nitrogen and oxygen atoms in total. The van der Waals surface area contributed by atoms with Crippen molar-refractivity contribution < 1.29 is 45.4 Å². The van der Waals surface area contributed by atoms with E-state index in [2.05, 4.69) is 13.8 Å². The van der Waals surface area contributed by atoms with Crippen LogP contribution in [0.25, 0.3) is 0 Å². The average Bonchev–Trinajstić information content (AvgIpc) is 3.38. The van der Waals surface area contributed by atoms with Crippen molar-refractivity contribution in [3.63, 3.8) is 0 Å². The van der Waals surface area contributed by atoms with E-state index >= 15 is 0 Å². The van der Waals surface area contributed by atoms with E-state index in [1.165, 1.54) is 167 Å². The number of likely N-dealkylation sites (tertiary alicyclic amines) is 1. The number of hydrogen-bond acceptors (Lipinski definition) is 6. The molecule has 0 aromatic carbocycles. The van der Waals surface area contributed by atoms with Crippen molar-refractivity contribution in [2.24, 2.45) is 0 Å². The van der Waals surface area contributed by atoms with Crippen molar-refractivity contribution in [1.82, 2.24) is 0 Å². The molecule has 2 atom stereocenters. The second-order valence-electron chi connectivity index (χ2n) is 18.6. The Bertz CT molecular complexity index is 829. The molecule has 0 aromatic rings. The van der Waals surface area contributed by atoms with Crippen LogP contribution >= 0.6 is 0 Å². The number of quaternary nitrogens is 1. The minimum absolute atomic E-state index is 0. The fourth-order valence-corrected chi connectivity index (χ4v) is 7.86. The molecule has 1 rings (SSSR count). The van der Waals surface area contributed by atoms with Gasteiger partial charge < -0.3 is 35.8 Å². The van der Waals surface area contributed by atoms with E-state index in [9.17, 15) is 9.59 Å². The third-order valence-electron chi connectivity index (χ3n) is 10.8.